The fraction of sp³-hybridized carbons (Fsp3) is 0.800. The van der Waals surface area contributed by atoms with Gasteiger partial charge in [-0.05, 0) is 36.5 Å². The van der Waals surface area contributed by atoms with Crippen LogP contribution in [0.5, 0.6) is 0 Å². The van der Waals surface area contributed by atoms with Crippen molar-refractivity contribution in [3.05, 3.63) is 0 Å². The molecule has 10 nitrogen and oxygen atoms in total. The van der Waals surface area contributed by atoms with Gasteiger partial charge < -0.3 is 15.5 Å². The number of carbonyl (C=O) groups is 5. The van der Waals surface area contributed by atoms with Crippen LogP contribution in [0.4, 0.5) is 13.2 Å². The number of halogens is 4. The second kappa shape index (κ2) is 10.8. The second-order valence-electron chi connectivity index (χ2n) is 12.1. The number of hydrogen-bond donors (Lipinski definition) is 3. The molecule has 14 heteroatoms. The molecule has 39 heavy (non-hydrogen) atoms. The Bertz CT molecular complexity index is 1040. The number of nitrogens with one attached hydrogen (secondary N) is 3. The maximum Gasteiger partial charge on any atom is 0.291 e. The third-order valence-electron chi connectivity index (χ3n) is 8.25. The lowest BCUT2D eigenvalue weighted by atomic mass is 9.85. The Morgan fingerprint density at radius 3 is 2.38 bits per heavy atom. The molecule has 218 valence electrons. The largest absolute Gasteiger partial charge is 0.356 e. The van der Waals surface area contributed by atoms with Gasteiger partial charge in [0, 0.05) is 19.5 Å². The summed E-state index contributed by atoms with van der Waals surface area (Å²) in [7, 11) is 0. The van der Waals surface area contributed by atoms with Crippen molar-refractivity contribution in [3.8, 4) is 0 Å². The lowest BCUT2D eigenvalue weighted by molar-refractivity contribution is -0.150. The number of alkyl halides is 4. The van der Waals surface area contributed by atoms with Crippen LogP contribution in [0.2, 0.25) is 0 Å². The molecule has 0 aromatic carbocycles. The van der Waals surface area contributed by atoms with Crippen LogP contribution in [0.15, 0.2) is 0 Å². The lowest BCUT2D eigenvalue weighted by Gasteiger charge is -2.37. The Labute approximate surface area is 229 Å². The molecule has 2 saturated heterocycles. The van der Waals surface area contributed by atoms with Crippen LogP contribution in [0.3, 0.4) is 0 Å². The van der Waals surface area contributed by atoms with E-state index in [2.05, 4.69) is 16.1 Å². The highest BCUT2D eigenvalue weighted by atomic mass is 35.5. The first-order chi connectivity index (χ1) is 18.1. The molecule has 2 heterocycles. The Kier molecular flexibility index (Phi) is 8.13. The maximum absolute atomic E-state index is 13.9. The average Bonchev–Trinajstić information content (AvgIpc) is 3.22. The monoisotopic (exact) mass is 577 g/mol. The molecule has 0 bridgehead atoms. The van der Waals surface area contributed by atoms with Crippen molar-refractivity contribution in [1.82, 2.24) is 26.0 Å². The number of likely N-dealkylation sites (tertiary alicyclic amines) is 1. The van der Waals surface area contributed by atoms with Crippen molar-refractivity contribution in [2.24, 2.45) is 29.1 Å². The fourth-order valence-corrected chi connectivity index (χ4v) is 6.09. The minimum atomic E-state index is -3.11. The van der Waals surface area contributed by atoms with Gasteiger partial charge in [0.15, 0.2) is 0 Å². The van der Waals surface area contributed by atoms with Gasteiger partial charge in [-0.15, -0.1) is 0 Å². The van der Waals surface area contributed by atoms with Gasteiger partial charge >= 0.3 is 0 Å². The zero-order valence-electron chi connectivity index (χ0n) is 22.1. The maximum atomic E-state index is 13.9. The first kappa shape index (κ1) is 29.4. The quantitative estimate of drug-likeness (QED) is 0.311. The van der Waals surface area contributed by atoms with Gasteiger partial charge in [0.2, 0.25) is 17.7 Å². The van der Waals surface area contributed by atoms with Crippen LogP contribution in [0, 0.1) is 29.1 Å². The summed E-state index contributed by atoms with van der Waals surface area (Å²) < 4.78 is 40.9. The average molecular weight is 578 g/mol. The molecular weight excluding hydrogens is 543 g/mol. The van der Waals surface area contributed by atoms with Crippen LogP contribution in [0.1, 0.15) is 52.9 Å². The zero-order chi connectivity index (χ0) is 28.9. The van der Waals surface area contributed by atoms with Gasteiger partial charge in [0.25, 0.3) is 23.4 Å². The third-order valence-corrected chi connectivity index (χ3v) is 8.43. The summed E-state index contributed by atoms with van der Waals surface area (Å²) in [5, 5.41) is 5.79. The van der Waals surface area contributed by atoms with Crippen LogP contribution in [-0.2, 0) is 24.0 Å². The van der Waals surface area contributed by atoms with Gasteiger partial charge in [-0.1, -0.05) is 38.8 Å². The van der Waals surface area contributed by atoms with E-state index < -0.39 is 70.9 Å². The summed E-state index contributed by atoms with van der Waals surface area (Å²) in [4.78, 5) is 65.9. The van der Waals surface area contributed by atoms with Crippen LogP contribution < -0.4 is 16.1 Å². The molecule has 0 aromatic rings. The van der Waals surface area contributed by atoms with E-state index in [-0.39, 0.29) is 30.8 Å². The Morgan fingerprint density at radius 1 is 1.18 bits per heavy atom. The summed E-state index contributed by atoms with van der Waals surface area (Å²) in [6.45, 7) is 5.34. The lowest BCUT2D eigenvalue weighted by Crippen LogP contribution is -2.61. The summed E-state index contributed by atoms with van der Waals surface area (Å²) in [5.41, 5.74) is -0.927. The smallest absolute Gasteiger partial charge is 0.291 e. The number of carbonyl (C=O) groups excluding carboxylic acids is 5. The molecule has 4 fully saturated rings. The standard InChI is InChI=1S/C25H35ClF3N5O5/c1-24(2,3)17(31-20(36)15-9-25(15,28)29)22(38)33-10-12-5-4-6-14(12)16(33)21(37)32-34(23(39)18(26)27)11-13-7-8-30-19(13)35/h12-18H,4-11H2,1-3H3,(H,30,35)(H,31,36)(H,32,37)/t12-,13-,14-,15-,16-,17+,18+/m0/s1. The van der Waals surface area contributed by atoms with Gasteiger partial charge in [-0.25, -0.2) is 18.2 Å². The summed E-state index contributed by atoms with van der Waals surface area (Å²) in [5.74, 6) is -9.38. The molecule has 0 aromatic heterocycles. The molecule has 2 aliphatic heterocycles. The highest BCUT2D eigenvalue weighted by molar-refractivity contribution is 6.29. The number of rotatable bonds is 7. The van der Waals surface area contributed by atoms with Gasteiger partial charge in [0.05, 0.1) is 12.5 Å². The SMILES string of the molecule is CC(C)(C)[C@H](NC(=O)[C@@H]1CC1(F)F)C(=O)N1C[C@@H]2CCC[C@@H]2[C@H]1C(=O)NN(C[C@@H]1CCNC1=O)C(=O)[C@@H](F)Cl. The van der Waals surface area contributed by atoms with Gasteiger partial charge in [0.1, 0.15) is 18.0 Å². The van der Waals surface area contributed by atoms with Crippen molar-refractivity contribution in [1.29, 1.82) is 0 Å². The molecule has 2 aliphatic carbocycles. The van der Waals surface area contributed by atoms with E-state index >= 15 is 0 Å². The third kappa shape index (κ3) is 6.12. The van der Waals surface area contributed by atoms with Crippen molar-refractivity contribution < 1.29 is 37.1 Å². The molecule has 5 amide bonds. The van der Waals surface area contributed by atoms with Crippen molar-refractivity contribution in [2.75, 3.05) is 19.6 Å². The molecule has 3 N–H and O–H groups in total. The fourth-order valence-electron chi connectivity index (χ4n) is 5.97. The first-order valence-corrected chi connectivity index (χ1v) is 13.7. The number of hydrogen-bond acceptors (Lipinski definition) is 5. The Hall–Kier alpha value is -2.57. The topological polar surface area (TPSA) is 128 Å². The number of hydrazine groups is 1. The van der Waals surface area contributed by atoms with Crippen molar-refractivity contribution >= 4 is 41.1 Å². The van der Waals surface area contributed by atoms with E-state index in [1.165, 1.54) is 4.90 Å². The van der Waals surface area contributed by atoms with Crippen LogP contribution in [-0.4, -0.2) is 82.7 Å². The number of fused-ring (bicyclic) bond motifs is 1. The van der Waals surface area contributed by atoms with Crippen LogP contribution >= 0.6 is 11.6 Å². The molecule has 4 aliphatic rings. The highest BCUT2D eigenvalue weighted by Crippen LogP contribution is 2.49. The van der Waals surface area contributed by atoms with Gasteiger partial charge in [-0.2, -0.15) is 0 Å². The van der Waals surface area contributed by atoms with Crippen molar-refractivity contribution in [2.45, 2.75) is 76.5 Å². The molecule has 7 atom stereocenters. The predicted molar refractivity (Wildman–Crippen MR) is 132 cm³/mol. The first-order valence-electron chi connectivity index (χ1n) is 13.3. The highest BCUT2D eigenvalue weighted by Gasteiger charge is 2.62. The number of nitrogens with zero attached hydrogens (tertiary/aromatic N) is 2. The summed E-state index contributed by atoms with van der Waals surface area (Å²) in [6, 6.07) is -2.23. The second-order valence-corrected chi connectivity index (χ2v) is 12.5. The predicted octanol–water partition coefficient (Wildman–Crippen LogP) is 1.33. The van der Waals surface area contributed by atoms with E-state index in [1.807, 2.05) is 0 Å². The van der Waals surface area contributed by atoms with Gasteiger partial charge in [-0.3, -0.25) is 29.4 Å². The normalized spacial score (nSPS) is 30.7. The number of amides is 5. The minimum Gasteiger partial charge on any atom is -0.356 e. The van der Waals surface area contributed by atoms with Crippen molar-refractivity contribution in [3.63, 3.8) is 0 Å². The van der Waals surface area contributed by atoms with E-state index in [0.29, 0.717) is 24.4 Å². The van der Waals surface area contributed by atoms with E-state index in [4.69, 9.17) is 11.6 Å². The van der Waals surface area contributed by atoms with E-state index in [1.54, 1.807) is 20.8 Å². The summed E-state index contributed by atoms with van der Waals surface area (Å²) in [6.07, 6.45) is 2.02. The Balaban J connectivity index is 1.55. The van der Waals surface area contributed by atoms with Crippen LogP contribution in [0.25, 0.3) is 0 Å². The molecule has 2 saturated carbocycles. The zero-order valence-corrected chi connectivity index (χ0v) is 22.9. The molecule has 0 radical (unpaired) electrons. The molecule has 4 rings (SSSR count). The summed E-state index contributed by atoms with van der Waals surface area (Å²) >= 11 is 5.38. The van der Waals surface area contributed by atoms with E-state index in [0.717, 1.165) is 12.8 Å². The molecule has 0 unspecified atom stereocenters. The van der Waals surface area contributed by atoms with E-state index in [9.17, 15) is 37.1 Å². The molecular formula is C25H35ClF3N5O5. The Morgan fingerprint density at radius 2 is 1.85 bits per heavy atom. The minimum absolute atomic E-state index is 0.0134. The molecule has 0 spiro atoms.